The van der Waals surface area contributed by atoms with Crippen molar-refractivity contribution in [1.82, 2.24) is 14.0 Å². The molecule has 5 heteroatoms. The largest absolute Gasteiger partial charge is 0.369 e. The van der Waals surface area contributed by atoms with Crippen molar-refractivity contribution in [2.45, 2.75) is 33.4 Å². The first-order valence-electron chi connectivity index (χ1n) is 10.4. The lowest BCUT2D eigenvalue weighted by Crippen LogP contribution is -2.46. The molecule has 1 fully saturated rings. The lowest BCUT2D eigenvalue weighted by atomic mass is 10.1. The summed E-state index contributed by atoms with van der Waals surface area (Å²) in [5.74, 6) is 0. The Balaban J connectivity index is 1.44. The van der Waals surface area contributed by atoms with E-state index in [1.807, 2.05) is 26.2 Å². The molecule has 4 rings (SSSR count). The van der Waals surface area contributed by atoms with Gasteiger partial charge >= 0.3 is 5.69 Å². The molecular weight excluding hydrogens is 360 g/mol. The average Bonchev–Trinajstić information content (AvgIpc) is 3.11. The second-order valence-electron chi connectivity index (χ2n) is 8.17. The van der Waals surface area contributed by atoms with Crippen LogP contribution in [0.4, 0.5) is 5.69 Å². The summed E-state index contributed by atoms with van der Waals surface area (Å²) in [6.45, 7) is 11.3. The summed E-state index contributed by atoms with van der Waals surface area (Å²) in [4.78, 5) is 17.6. The van der Waals surface area contributed by atoms with Crippen LogP contribution in [-0.4, -0.2) is 40.2 Å². The first-order valence-corrected chi connectivity index (χ1v) is 10.4. The number of aryl methyl sites for hydroxylation is 1. The zero-order valence-electron chi connectivity index (χ0n) is 17.6. The fourth-order valence-electron chi connectivity index (χ4n) is 4.08. The number of nitrogens with zero attached hydrogens (tertiary/aromatic N) is 4. The van der Waals surface area contributed by atoms with Crippen LogP contribution in [0.5, 0.6) is 0 Å². The standard InChI is InChI=1S/C24H30N4O/c1-19(2)27-15-16-28(24(27)29)23-10-9-22(17-20(23)3)26-13-11-25(12-14-26)18-21-7-5-4-6-8-21/h4-10,15-17,19H,11-14,18H2,1-3H3. The second kappa shape index (κ2) is 8.29. The van der Waals surface area contributed by atoms with Crippen LogP contribution in [0, 0.1) is 6.92 Å². The van der Waals surface area contributed by atoms with Crippen molar-refractivity contribution in [3.63, 3.8) is 0 Å². The van der Waals surface area contributed by atoms with E-state index < -0.39 is 0 Å². The lowest BCUT2D eigenvalue weighted by Gasteiger charge is -2.36. The third-order valence-electron chi connectivity index (χ3n) is 5.79. The van der Waals surface area contributed by atoms with Crippen LogP contribution >= 0.6 is 0 Å². The zero-order chi connectivity index (χ0) is 20.4. The van der Waals surface area contributed by atoms with Crippen LogP contribution < -0.4 is 10.6 Å². The van der Waals surface area contributed by atoms with Gasteiger partial charge in [-0.15, -0.1) is 0 Å². The number of anilines is 1. The first kappa shape index (κ1) is 19.5. The predicted molar refractivity (Wildman–Crippen MR) is 119 cm³/mol. The molecule has 0 spiro atoms. The molecule has 1 aromatic heterocycles. The van der Waals surface area contributed by atoms with E-state index in [9.17, 15) is 4.79 Å². The molecular formula is C24H30N4O. The van der Waals surface area contributed by atoms with Crippen LogP contribution in [0.3, 0.4) is 0 Å². The molecule has 2 aromatic carbocycles. The topological polar surface area (TPSA) is 33.4 Å². The molecule has 0 radical (unpaired) electrons. The van der Waals surface area contributed by atoms with E-state index in [4.69, 9.17) is 0 Å². The number of aromatic nitrogens is 2. The van der Waals surface area contributed by atoms with Gasteiger partial charge in [-0.2, -0.15) is 0 Å². The molecule has 0 aliphatic carbocycles. The van der Waals surface area contributed by atoms with E-state index in [-0.39, 0.29) is 11.7 Å². The van der Waals surface area contributed by atoms with Crippen LogP contribution in [0.25, 0.3) is 5.69 Å². The van der Waals surface area contributed by atoms with Gasteiger partial charge in [-0.1, -0.05) is 30.3 Å². The third-order valence-corrected chi connectivity index (χ3v) is 5.79. The molecule has 1 aliphatic rings. The Morgan fingerprint density at radius 2 is 1.66 bits per heavy atom. The maximum absolute atomic E-state index is 12.6. The SMILES string of the molecule is Cc1cc(N2CCN(Cc3ccccc3)CC2)ccc1-n1ccn(C(C)C)c1=O. The number of hydrogen-bond acceptors (Lipinski definition) is 3. The molecule has 0 saturated carbocycles. The zero-order valence-corrected chi connectivity index (χ0v) is 17.6. The molecule has 0 atom stereocenters. The third kappa shape index (κ3) is 4.15. The van der Waals surface area contributed by atoms with Gasteiger partial charge in [0.1, 0.15) is 0 Å². The molecule has 3 aromatic rings. The van der Waals surface area contributed by atoms with Crippen molar-refractivity contribution in [3.05, 3.63) is 82.5 Å². The first-order chi connectivity index (χ1) is 14.0. The van der Waals surface area contributed by atoms with Crippen molar-refractivity contribution < 1.29 is 0 Å². The van der Waals surface area contributed by atoms with Crippen molar-refractivity contribution in [1.29, 1.82) is 0 Å². The molecule has 152 valence electrons. The fraction of sp³-hybridized carbons (Fsp3) is 0.375. The molecule has 0 amide bonds. The van der Waals surface area contributed by atoms with E-state index in [0.717, 1.165) is 44.0 Å². The Kier molecular flexibility index (Phi) is 5.58. The number of imidazole rings is 1. The van der Waals surface area contributed by atoms with Crippen molar-refractivity contribution >= 4 is 5.69 Å². The fourth-order valence-corrected chi connectivity index (χ4v) is 4.08. The smallest absolute Gasteiger partial charge is 0.332 e. The summed E-state index contributed by atoms with van der Waals surface area (Å²) in [5, 5.41) is 0. The second-order valence-corrected chi connectivity index (χ2v) is 8.17. The molecule has 5 nitrogen and oxygen atoms in total. The summed E-state index contributed by atoms with van der Waals surface area (Å²) < 4.78 is 3.51. The van der Waals surface area contributed by atoms with E-state index in [1.165, 1.54) is 11.3 Å². The van der Waals surface area contributed by atoms with Gasteiger partial charge in [0.25, 0.3) is 0 Å². The Morgan fingerprint density at radius 1 is 0.931 bits per heavy atom. The Bertz CT molecular complexity index is 1010. The minimum atomic E-state index is 0.0189. The highest BCUT2D eigenvalue weighted by atomic mass is 16.1. The highest BCUT2D eigenvalue weighted by molar-refractivity contribution is 5.55. The van der Waals surface area contributed by atoms with Crippen molar-refractivity contribution in [2.24, 2.45) is 0 Å². The van der Waals surface area contributed by atoms with E-state index >= 15 is 0 Å². The maximum atomic E-state index is 12.6. The van der Waals surface area contributed by atoms with Gasteiger partial charge in [-0.3, -0.25) is 14.0 Å². The number of hydrogen-bond donors (Lipinski definition) is 0. The van der Waals surface area contributed by atoms with Crippen molar-refractivity contribution in [2.75, 3.05) is 31.1 Å². The van der Waals surface area contributed by atoms with E-state index in [1.54, 1.807) is 9.13 Å². The highest BCUT2D eigenvalue weighted by Gasteiger charge is 2.18. The Labute approximate surface area is 172 Å². The Hall–Kier alpha value is -2.79. The van der Waals surface area contributed by atoms with Gasteiger partial charge in [0.05, 0.1) is 5.69 Å². The lowest BCUT2D eigenvalue weighted by molar-refractivity contribution is 0.250. The van der Waals surface area contributed by atoms with Gasteiger partial charge in [-0.05, 0) is 50.1 Å². The summed E-state index contributed by atoms with van der Waals surface area (Å²) in [5.41, 5.74) is 4.71. The molecule has 0 bridgehead atoms. The van der Waals surface area contributed by atoms with Gasteiger partial charge in [-0.25, -0.2) is 4.79 Å². The van der Waals surface area contributed by atoms with Gasteiger partial charge in [0.2, 0.25) is 0 Å². The van der Waals surface area contributed by atoms with Gasteiger partial charge in [0.15, 0.2) is 0 Å². The molecule has 2 heterocycles. The molecule has 0 unspecified atom stereocenters. The number of rotatable bonds is 5. The van der Waals surface area contributed by atoms with E-state index in [2.05, 4.69) is 65.3 Å². The molecule has 1 aliphatic heterocycles. The van der Waals surface area contributed by atoms with Crippen molar-refractivity contribution in [3.8, 4) is 5.69 Å². The van der Waals surface area contributed by atoms with E-state index in [0.29, 0.717) is 0 Å². The van der Waals surface area contributed by atoms with Crippen LogP contribution in [0.15, 0.2) is 65.7 Å². The van der Waals surface area contributed by atoms with Crippen LogP contribution in [0.1, 0.15) is 31.0 Å². The normalized spacial score (nSPS) is 15.2. The molecule has 29 heavy (non-hydrogen) atoms. The quantitative estimate of drug-likeness (QED) is 0.663. The summed E-state index contributed by atoms with van der Waals surface area (Å²) in [7, 11) is 0. The van der Waals surface area contributed by atoms with Crippen LogP contribution in [0.2, 0.25) is 0 Å². The van der Waals surface area contributed by atoms with Crippen LogP contribution in [-0.2, 0) is 6.54 Å². The number of benzene rings is 2. The monoisotopic (exact) mass is 390 g/mol. The average molecular weight is 391 g/mol. The summed E-state index contributed by atoms with van der Waals surface area (Å²) in [6, 6.07) is 17.3. The number of piperazine rings is 1. The van der Waals surface area contributed by atoms with Gasteiger partial charge in [0, 0.05) is 56.8 Å². The van der Waals surface area contributed by atoms with Gasteiger partial charge < -0.3 is 4.90 Å². The Morgan fingerprint density at radius 3 is 2.28 bits per heavy atom. The maximum Gasteiger partial charge on any atom is 0.332 e. The molecule has 0 N–H and O–H groups in total. The minimum Gasteiger partial charge on any atom is -0.369 e. The summed E-state index contributed by atoms with van der Waals surface area (Å²) in [6.07, 6.45) is 3.74. The minimum absolute atomic E-state index is 0.0189. The predicted octanol–water partition coefficient (Wildman–Crippen LogP) is 3.85. The highest BCUT2D eigenvalue weighted by Crippen LogP contribution is 2.23. The summed E-state index contributed by atoms with van der Waals surface area (Å²) >= 11 is 0. The molecule has 1 saturated heterocycles.